The van der Waals surface area contributed by atoms with E-state index in [0.717, 1.165) is 28.1 Å². The Morgan fingerprint density at radius 2 is 1.27 bits per heavy atom. The summed E-state index contributed by atoms with van der Waals surface area (Å²) in [5.74, 6) is 0. The van der Waals surface area contributed by atoms with Crippen LogP contribution in [0, 0.1) is 20.4 Å². The van der Waals surface area contributed by atoms with Gasteiger partial charge in [-0.2, -0.15) is 5.69 Å². The predicted octanol–water partition coefficient (Wildman–Crippen LogP) is 11.5. The number of anilines is 1. The summed E-state index contributed by atoms with van der Waals surface area (Å²) in [7, 11) is 5.61. The fourth-order valence-electron chi connectivity index (χ4n) is 7.39. The van der Waals surface area contributed by atoms with E-state index in [2.05, 4.69) is 85.8 Å². The molecule has 4 aromatic rings. The molecule has 0 heterocycles. The molecule has 4 heteroatoms. The van der Waals surface area contributed by atoms with Crippen LogP contribution >= 0.6 is 7.92 Å². The summed E-state index contributed by atoms with van der Waals surface area (Å²) in [6.45, 7) is 2.30. The van der Waals surface area contributed by atoms with Crippen molar-refractivity contribution in [2.45, 2.75) is 82.4 Å². The molecule has 244 valence electrons. The number of nitrogens with zero attached hydrogens (tertiary/aromatic N) is 2. The van der Waals surface area contributed by atoms with Gasteiger partial charge in [-0.05, 0) is 76.0 Å². The molecule has 0 bridgehead atoms. The van der Waals surface area contributed by atoms with E-state index in [1.54, 1.807) is 10.9 Å². The minimum absolute atomic E-state index is 0. The Bertz CT molecular complexity index is 1410. The van der Waals surface area contributed by atoms with Crippen molar-refractivity contribution < 1.29 is 20.4 Å². The van der Waals surface area contributed by atoms with Crippen LogP contribution in [0.25, 0.3) is 27.6 Å². The van der Waals surface area contributed by atoms with E-state index >= 15 is 0 Å². The van der Waals surface area contributed by atoms with Gasteiger partial charge in [0.1, 0.15) is 0 Å². The van der Waals surface area contributed by atoms with Crippen molar-refractivity contribution in [3.8, 4) is 22.3 Å². The number of hydrogen-bond acceptors (Lipinski definition) is 1. The molecule has 2 aliphatic rings. The second-order valence-electron chi connectivity index (χ2n) is 12.6. The average molecular weight is 711 g/mol. The SMILES string of the molecule is C[N-]c1ccccc1-c1[c-]cccc1.Cc1cccc(N(C)C)c1-c1ccccc1[PH+](C1CCCCC1)C1CCCCC1.[CH3-].[Pd]. The second-order valence-corrected chi connectivity index (χ2v) is 15.6. The topological polar surface area (TPSA) is 17.3 Å². The van der Waals surface area contributed by atoms with E-state index in [0.29, 0.717) is 0 Å². The normalized spacial score (nSPS) is 15.2. The van der Waals surface area contributed by atoms with Gasteiger partial charge in [-0.1, -0.05) is 67.4 Å². The molecule has 0 atom stereocenters. The van der Waals surface area contributed by atoms with Gasteiger partial charge in [-0.25, -0.2) is 0 Å². The van der Waals surface area contributed by atoms with Crippen molar-refractivity contribution in [2.24, 2.45) is 0 Å². The molecule has 2 fully saturated rings. The third kappa shape index (κ3) is 9.32. The Morgan fingerprint density at radius 3 is 1.84 bits per heavy atom. The second kappa shape index (κ2) is 18.7. The standard InChI is InChI=1S/C27H38NP.C13H11N.CH3.Pd/c1-21-13-12-19-25(28(2)3)27(21)24-18-10-11-20-26(24)29(22-14-6-4-7-15-22)23-16-8-5-9-17-23;1-14-13-10-6-5-9-12(13)11-7-3-2-4-8-11;;/h10-13,18-20,22-23H,4-9,14-17H2,1-3H3;2-7,9-10H,1H3;1H3;/q;-2;-1;/p+1. The molecule has 0 saturated heterocycles. The van der Waals surface area contributed by atoms with Crippen LogP contribution in [0.4, 0.5) is 11.4 Å². The minimum atomic E-state index is -0.577. The minimum Gasteiger partial charge on any atom is -0.694 e. The summed E-state index contributed by atoms with van der Waals surface area (Å²) in [5.41, 5.74) is 11.0. The van der Waals surface area contributed by atoms with E-state index in [-0.39, 0.29) is 27.8 Å². The van der Waals surface area contributed by atoms with Gasteiger partial charge in [0.2, 0.25) is 0 Å². The van der Waals surface area contributed by atoms with Gasteiger partial charge in [0.05, 0.1) is 16.6 Å². The maximum absolute atomic E-state index is 4.23. The Hall–Kier alpha value is -2.43. The van der Waals surface area contributed by atoms with Gasteiger partial charge in [-0.15, -0.1) is 48.5 Å². The van der Waals surface area contributed by atoms with Crippen LogP contribution in [0.2, 0.25) is 0 Å². The smallest absolute Gasteiger partial charge is 0.0999 e. The zero-order valence-corrected chi connectivity index (χ0v) is 30.7. The van der Waals surface area contributed by atoms with Crippen LogP contribution in [0.5, 0.6) is 0 Å². The number of para-hydroxylation sites is 1. The van der Waals surface area contributed by atoms with E-state index < -0.39 is 7.92 Å². The van der Waals surface area contributed by atoms with Crippen LogP contribution in [0.3, 0.4) is 0 Å². The van der Waals surface area contributed by atoms with Crippen LogP contribution in [-0.2, 0) is 20.4 Å². The molecule has 2 aliphatic carbocycles. The van der Waals surface area contributed by atoms with E-state index in [4.69, 9.17) is 0 Å². The molecule has 0 radical (unpaired) electrons. The number of aryl methyl sites for hydroxylation is 1. The summed E-state index contributed by atoms with van der Waals surface area (Å²) in [4.78, 5) is 2.30. The van der Waals surface area contributed by atoms with Crippen LogP contribution in [0.1, 0.15) is 69.8 Å². The number of rotatable bonds is 7. The summed E-state index contributed by atoms with van der Waals surface area (Å²) in [6.07, 6.45) is 14.7. The Balaban J connectivity index is 0.000000292. The summed E-state index contributed by atoms with van der Waals surface area (Å²) in [5, 5.41) is 5.97. The molecular formula is C41H53N2PPd-2. The third-order valence-electron chi connectivity index (χ3n) is 9.47. The molecule has 0 unspecified atom stereocenters. The molecule has 0 N–H and O–H groups in total. The molecule has 4 aromatic carbocycles. The van der Waals surface area contributed by atoms with Gasteiger partial charge in [0.25, 0.3) is 0 Å². The first-order valence-corrected chi connectivity index (χ1v) is 18.1. The number of benzene rings is 4. The van der Waals surface area contributed by atoms with Crippen molar-refractivity contribution in [2.75, 3.05) is 26.0 Å². The third-order valence-corrected chi connectivity index (χ3v) is 13.4. The van der Waals surface area contributed by atoms with Gasteiger partial charge < -0.3 is 17.6 Å². The van der Waals surface area contributed by atoms with Crippen molar-refractivity contribution >= 4 is 24.6 Å². The Kier molecular flexibility index (Phi) is 15.4. The zero-order valence-electron chi connectivity index (χ0n) is 28.1. The first-order chi connectivity index (χ1) is 21.1. The molecule has 2 nitrogen and oxygen atoms in total. The van der Waals surface area contributed by atoms with Crippen LogP contribution in [-0.4, -0.2) is 32.5 Å². The zero-order chi connectivity index (χ0) is 30.0. The maximum atomic E-state index is 4.23. The molecule has 45 heavy (non-hydrogen) atoms. The van der Waals surface area contributed by atoms with Crippen molar-refractivity contribution in [1.82, 2.24) is 0 Å². The quantitative estimate of drug-likeness (QED) is 0.106. The van der Waals surface area contributed by atoms with Gasteiger partial charge in [0.15, 0.2) is 0 Å². The largest absolute Gasteiger partial charge is 0.694 e. The molecule has 0 aliphatic heterocycles. The van der Waals surface area contributed by atoms with E-state index in [9.17, 15) is 0 Å². The number of hydrogen-bond donors (Lipinski definition) is 0. The first-order valence-electron chi connectivity index (χ1n) is 16.5. The van der Waals surface area contributed by atoms with Crippen molar-refractivity contribution in [3.63, 3.8) is 0 Å². The molecule has 6 rings (SSSR count). The summed E-state index contributed by atoms with van der Waals surface area (Å²) < 4.78 is 0. The van der Waals surface area contributed by atoms with E-state index in [1.165, 1.54) is 81.0 Å². The van der Waals surface area contributed by atoms with Crippen LogP contribution in [0.15, 0.2) is 91.0 Å². The average Bonchev–Trinajstić information content (AvgIpc) is 3.07. The molecule has 2 saturated carbocycles. The molecule has 0 aromatic heterocycles. The summed E-state index contributed by atoms with van der Waals surface area (Å²) in [6, 6.07) is 35.6. The van der Waals surface area contributed by atoms with Crippen molar-refractivity contribution in [1.29, 1.82) is 0 Å². The van der Waals surface area contributed by atoms with Crippen molar-refractivity contribution in [3.05, 3.63) is 115 Å². The fraction of sp³-hybridized carbons (Fsp3) is 0.390. The maximum Gasteiger partial charge on any atom is 0.0999 e. The molecular weight excluding hydrogens is 658 g/mol. The van der Waals surface area contributed by atoms with Gasteiger partial charge in [-0.3, -0.25) is 0 Å². The first kappa shape index (κ1) is 37.0. The fourth-order valence-corrected chi connectivity index (χ4v) is 11.8. The molecule has 0 spiro atoms. The Morgan fingerprint density at radius 1 is 0.689 bits per heavy atom. The van der Waals surface area contributed by atoms with E-state index in [1.807, 2.05) is 49.5 Å². The van der Waals surface area contributed by atoms with Crippen LogP contribution < -0.4 is 10.2 Å². The molecule has 0 amide bonds. The van der Waals surface area contributed by atoms with Gasteiger partial charge in [0, 0.05) is 59.3 Å². The Labute approximate surface area is 289 Å². The monoisotopic (exact) mass is 710 g/mol. The van der Waals surface area contributed by atoms with Gasteiger partial charge >= 0.3 is 0 Å². The summed E-state index contributed by atoms with van der Waals surface area (Å²) >= 11 is 0. The predicted molar refractivity (Wildman–Crippen MR) is 199 cm³/mol.